The number of pyridine rings is 1. The molecule has 1 aliphatic carbocycles. The van der Waals surface area contributed by atoms with Gasteiger partial charge in [-0.3, -0.25) is 4.79 Å². The average molecular weight is 642 g/mol. The van der Waals surface area contributed by atoms with Crippen LogP contribution < -0.4 is 19.1 Å². The fourth-order valence-corrected chi connectivity index (χ4v) is 6.30. The van der Waals surface area contributed by atoms with Crippen LogP contribution in [-0.4, -0.2) is 61.1 Å². The predicted molar refractivity (Wildman–Crippen MR) is 158 cm³/mol. The molecular formula is C28H34F3N5O5S2. The normalized spacial score (nSPS) is 19.0. The molecule has 0 spiro atoms. The highest BCUT2D eigenvalue weighted by Crippen LogP contribution is 2.57. The number of carbonyl (C=O) groups excluding carboxylic acids is 1. The molecule has 1 N–H and O–H groups in total. The maximum absolute atomic E-state index is 13.5. The highest BCUT2D eigenvalue weighted by atomic mass is 32.2. The lowest BCUT2D eigenvalue weighted by atomic mass is 9.97. The lowest BCUT2D eigenvalue weighted by molar-refractivity contribution is -0.194. The van der Waals surface area contributed by atoms with Gasteiger partial charge in [0.15, 0.2) is 5.82 Å². The van der Waals surface area contributed by atoms with Gasteiger partial charge in [-0.2, -0.15) is 26.7 Å². The maximum atomic E-state index is 13.5. The molecule has 1 amide bonds. The summed E-state index contributed by atoms with van der Waals surface area (Å²) in [7, 11) is -2.84. The Kier molecular flexibility index (Phi) is 8.73. The minimum Gasteiger partial charge on any atom is -0.497 e. The number of ether oxygens (including phenoxy) is 2. The first-order valence-corrected chi connectivity index (χ1v) is 14.9. The van der Waals surface area contributed by atoms with Crippen LogP contribution in [0.25, 0.3) is 5.82 Å². The zero-order valence-electron chi connectivity index (χ0n) is 24.1. The number of hydrogen-bond acceptors (Lipinski definition) is 8. The fourth-order valence-electron chi connectivity index (χ4n) is 5.30. The number of sulfonamides is 1. The first kappa shape index (κ1) is 32.5. The Morgan fingerprint density at radius 1 is 1.16 bits per heavy atom. The van der Waals surface area contributed by atoms with Gasteiger partial charge >= 0.3 is 6.18 Å². The molecule has 2 aromatic heterocycles. The number of halogens is 3. The van der Waals surface area contributed by atoms with Crippen LogP contribution in [0.4, 0.5) is 19.0 Å². The zero-order chi connectivity index (χ0) is 30.5. The molecule has 1 saturated heterocycles. The number of methoxy groups -OCH3 is 1. The second-order valence-corrected chi connectivity index (χ2v) is 13.2. The average Bonchev–Trinajstić information content (AvgIpc) is 3.50. The Balaban J connectivity index is 0.00000423. The van der Waals surface area contributed by atoms with Crippen LogP contribution >= 0.6 is 13.5 Å². The molecule has 3 heterocycles. The van der Waals surface area contributed by atoms with Gasteiger partial charge in [-0.05, 0) is 63.3 Å². The van der Waals surface area contributed by atoms with Crippen molar-refractivity contribution in [2.24, 2.45) is 11.3 Å². The largest absolute Gasteiger partial charge is 0.497 e. The molecule has 2 fully saturated rings. The molecule has 0 radical (unpaired) electrons. The van der Waals surface area contributed by atoms with Gasteiger partial charge in [0.2, 0.25) is 5.88 Å². The van der Waals surface area contributed by atoms with Crippen molar-refractivity contribution in [3.8, 4) is 17.4 Å². The Labute approximate surface area is 255 Å². The van der Waals surface area contributed by atoms with Crippen LogP contribution in [0, 0.1) is 11.3 Å². The van der Waals surface area contributed by atoms with Gasteiger partial charge in [0.05, 0.1) is 17.6 Å². The van der Waals surface area contributed by atoms with Crippen molar-refractivity contribution in [1.29, 1.82) is 0 Å². The van der Waals surface area contributed by atoms with Gasteiger partial charge in [0, 0.05) is 30.4 Å². The number of benzene rings is 1. The number of hydrogen-bond donors (Lipinski definition) is 1. The van der Waals surface area contributed by atoms with E-state index in [1.54, 1.807) is 6.07 Å². The molecular weight excluding hydrogens is 607 g/mol. The maximum Gasteiger partial charge on any atom is 0.397 e. The molecule has 1 aromatic carbocycles. The third-order valence-electron chi connectivity index (χ3n) is 7.76. The Morgan fingerprint density at radius 2 is 1.88 bits per heavy atom. The summed E-state index contributed by atoms with van der Waals surface area (Å²) in [5, 5.41) is 4.24. The Hall–Kier alpha value is -3.46. The van der Waals surface area contributed by atoms with Crippen LogP contribution in [0.15, 0.2) is 53.6 Å². The summed E-state index contributed by atoms with van der Waals surface area (Å²) in [6, 6.07) is 10.1. The molecule has 0 bridgehead atoms. The van der Waals surface area contributed by atoms with E-state index < -0.39 is 39.7 Å². The Morgan fingerprint density at radius 3 is 2.49 bits per heavy atom. The monoisotopic (exact) mass is 641 g/mol. The van der Waals surface area contributed by atoms with Crippen molar-refractivity contribution >= 4 is 35.2 Å². The number of rotatable bonds is 9. The first-order valence-electron chi connectivity index (χ1n) is 13.4. The molecule has 1 saturated carbocycles. The van der Waals surface area contributed by atoms with E-state index >= 15 is 0 Å². The number of nitrogens with one attached hydrogen (secondary N) is 1. The number of nitrogens with zero attached hydrogens (tertiary/aromatic N) is 4. The van der Waals surface area contributed by atoms with Gasteiger partial charge in [-0.15, -0.1) is 5.10 Å². The standard InChI is InChI=1S/C28H32F3N5O5S.H2S/c1-18-15-26(2,3)35(16-18)24-21(25(37)34-42(38,39)20-7-5-6-19(14-20)40-4)8-9-22(32-24)36-13-10-23(33-36)41-17-27(11-12-27)28(29,30)31;/h5-10,13-14,18H,11-12,15-17H2,1-4H3,(H,34,37);1H2/t18-;/m0./s1. The van der Waals surface area contributed by atoms with E-state index in [0.717, 1.165) is 6.42 Å². The number of anilines is 1. The van der Waals surface area contributed by atoms with Crippen LogP contribution in [0.1, 0.15) is 50.4 Å². The molecule has 0 unspecified atom stereocenters. The topological polar surface area (TPSA) is 116 Å². The molecule has 1 atom stereocenters. The predicted octanol–water partition coefficient (Wildman–Crippen LogP) is 4.85. The van der Waals surface area contributed by atoms with Crippen molar-refractivity contribution in [3.05, 3.63) is 54.2 Å². The molecule has 10 nitrogen and oxygen atoms in total. The van der Waals surface area contributed by atoms with Crippen molar-refractivity contribution in [3.63, 3.8) is 0 Å². The van der Waals surface area contributed by atoms with Gasteiger partial charge in [0.1, 0.15) is 23.6 Å². The number of amides is 1. The number of aromatic nitrogens is 3. The van der Waals surface area contributed by atoms with E-state index in [0.29, 0.717) is 12.3 Å². The minimum absolute atomic E-state index is 0. The summed E-state index contributed by atoms with van der Waals surface area (Å²) < 4.78 is 80.0. The van der Waals surface area contributed by atoms with Crippen molar-refractivity contribution < 1.29 is 35.9 Å². The molecule has 43 heavy (non-hydrogen) atoms. The summed E-state index contributed by atoms with van der Waals surface area (Å²) in [6.45, 7) is 6.14. The van der Waals surface area contributed by atoms with Crippen LogP contribution in [0.5, 0.6) is 11.6 Å². The molecule has 1 aliphatic heterocycles. The van der Waals surface area contributed by atoms with Gasteiger partial charge in [0.25, 0.3) is 15.9 Å². The van der Waals surface area contributed by atoms with Gasteiger partial charge < -0.3 is 14.4 Å². The summed E-state index contributed by atoms with van der Waals surface area (Å²) in [5.74, 6) is 0.267. The summed E-state index contributed by atoms with van der Waals surface area (Å²) >= 11 is 0. The minimum atomic E-state index is -4.35. The summed E-state index contributed by atoms with van der Waals surface area (Å²) in [6.07, 6.45) is -2.00. The third-order valence-corrected chi connectivity index (χ3v) is 9.09. The molecule has 3 aromatic rings. The zero-order valence-corrected chi connectivity index (χ0v) is 25.9. The van der Waals surface area contributed by atoms with Gasteiger partial charge in [-0.25, -0.2) is 22.8 Å². The Bertz CT molecular complexity index is 1610. The van der Waals surface area contributed by atoms with Crippen molar-refractivity contribution in [2.45, 2.75) is 56.6 Å². The van der Waals surface area contributed by atoms with Crippen LogP contribution in [-0.2, 0) is 10.0 Å². The first-order chi connectivity index (χ1) is 19.6. The molecule has 15 heteroatoms. The second-order valence-electron chi connectivity index (χ2n) is 11.6. The third kappa shape index (κ3) is 6.56. The number of carbonyl (C=O) groups is 1. The highest BCUT2D eigenvalue weighted by molar-refractivity contribution is 7.90. The smallest absolute Gasteiger partial charge is 0.397 e. The van der Waals surface area contributed by atoms with E-state index in [2.05, 4.69) is 16.7 Å². The van der Waals surface area contributed by atoms with Crippen molar-refractivity contribution in [1.82, 2.24) is 19.5 Å². The van der Waals surface area contributed by atoms with E-state index in [1.165, 1.54) is 54.4 Å². The molecule has 234 valence electrons. The molecule has 2 aliphatic rings. The lowest BCUT2D eigenvalue weighted by Crippen LogP contribution is -2.41. The van der Waals surface area contributed by atoms with Crippen molar-refractivity contribution in [2.75, 3.05) is 25.2 Å². The summed E-state index contributed by atoms with van der Waals surface area (Å²) in [4.78, 5) is 20.0. The SMILES string of the molecule is COc1cccc(S(=O)(=O)NC(=O)c2ccc(-n3ccc(OCC4(C(F)(F)F)CC4)n3)nc2N2C[C@@H](C)CC2(C)C)c1.S. The van der Waals surface area contributed by atoms with Gasteiger partial charge in [-0.1, -0.05) is 13.0 Å². The van der Waals surface area contributed by atoms with E-state index in [9.17, 15) is 26.4 Å². The van der Waals surface area contributed by atoms with E-state index in [1.807, 2.05) is 18.7 Å². The highest BCUT2D eigenvalue weighted by Gasteiger charge is 2.64. The second kappa shape index (κ2) is 11.6. The summed E-state index contributed by atoms with van der Waals surface area (Å²) in [5.41, 5.74) is -2.20. The number of alkyl halides is 3. The lowest BCUT2D eigenvalue weighted by Gasteiger charge is -2.34. The quantitative estimate of drug-likeness (QED) is 0.353. The van der Waals surface area contributed by atoms with Crippen LogP contribution in [0.3, 0.4) is 0 Å². The van der Waals surface area contributed by atoms with E-state index in [-0.39, 0.29) is 60.2 Å². The fraction of sp³-hybridized carbons (Fsp3) is 0.464. The molecule has 5 rings (SSSR count). The van der Waals surface area contributed by atoms with Crippen LogP contribution in [0.2, 0.25) is 0 Å². The van der Waals surface area contributed by atoms with E-state index in [4.69, 9.17) is 14.5 Å².